The largest absolute Gasteiger partial charge is 0.493 e. The minimum Gasteiger partial charge on any atom is -0.493 e. The van der Waals surface area contributed by atoms with Gasteiger partial charge in [0.2, 0.25) is 5.75 Å². The summed E-state index contributed by atoms with van der Waals surface area (Å²) in [7, 11) is 6.38. The Morgan fingerprint density at radius 2 is 1.19 bits per heavy atom. The van der Waals surface area contributed by atoms with E-state index in [2.05, 4.69) is 0 Å². The molecule has 0 aliphatic heterocycles. The molecule has 3 aromatic rings. The number of methoxy groups -OCH3 is 4. The monoisotopic (exact) mass is 436 g/mol. The van der Waals surface area contributed by atoms with Crippen molar-refractivity contribution < 1.29 is 28.8 Å². The lowest BCUT2D eigenvalue weighted by Gasteiger charge is -2.13. The van der Waals surface area contributed by atoms with Gasteiger partial charge in [0.25, 0.3) is 0 Å². The highest BCUT2D eigenvalue weighted by Crippen LogP contribution is 2.38. The van der Waals surface area contributed by atoms with E-state index < -0.39 is 0 Å². The molecule has 0 heterocycles. The summed E-state index contributed by atoms with van der Waals surface area (Å²) < 4.78 is 27.7. The van der Waals surface area contributed by atoms with E-state index in [0.29, 0.717) is 35.4 Å². The Bertz CT molecular complexity index is 1030. The summed E-state index contributed by atoms with van der Waals surface area (Å²) in [5, 5.41) is 9.18. The van der Waals surface area contributed by atoms with Gasteiger partial charge in [-0.2, -0.15) is 0 Å². The molecule has 0 spiro atoms. The first-order chi connectivity index (χ1) is 15.6. The van der Waals surface area contributed by atoms with Crippen molar-refractivity contribution in [3.63, 3.8) is 0 Å². The minimum absolute atomic E-state index is 0.0231. The normalized spacial score (nSPS) is 10.8. The molecule has 0 bridgehead atoms. The van der Waals surface area contributed by atoms with Gasteiger partial charge in [-0.05, 0) is 46.5 Å². The molecule has 6 heteroatoms. The molecule has 0 aliphatic rings. The Labute approximate surface area is 188 Å². The second kappa shape index (κ2) is 11.1. The van der Waals surface area contributed by atoms with Crippen LogP contribution in [0.1, 0.15) is 22.3 Å². The van der Waals surface area contributed by atoms with Crippen molar-refractivity contribution in [3.05, 3.63) is 76.9 Å². The molecule has 0 atom stereocenters. The van der Waals surface area contributed by atoms with Gasteiger partial charge in [0.15, 0.2) is 23.0 Å². The molecule has 0 aliphatic carbocycles. The molecule has 0 saturated carbocycles. The fraction of sp³-hybridized carbons (Fsp3) is 0.231. The molecule has 3 aromatic carbocycles. The van der Waals surface area contributed by atoms with Gasteiger partial charge in [-0.15, -0.1) is 0 Å². The van der Waals surface area contributed by atoms with Crippen molar-refractivity contribution in [2.45, 2.75) is 13.2 Å². The summed E-state index contributed by atoms with van der Waals surface area (Å²) in [5.41, 5.74) is 3.72. The van der Waals surface area contributed by atoms with E-state index in [1.165, 1.54) is 0 Å². The van der Waals surface area contributed by atoms with Crippen LogP contribution >= 0.6 is 0 Å². The SMILES string of the molecule is COc1ccc(/C=C\c2cc(OC)c(OC)c(OC)c2)cc1OCc1ccc(CO)cc1. The van der Waals surface area contributed by atoms with Crippen LogP contribution in [0.2, 0.25) is 0 Å². The van der Waals surface area contributed by atoms with E-state index in [9.17, 15) is 5.11 Å². The van der Waals surface area contributed by atoms with Crippen LogP contribution < -0.4 is 23.7 Å². The van der Waals surface area contributed by atoms with Crippen LogP contribution in [0, 0.1) is 0 Å². The molecule has 168 valence electrons. The number of hydrogen-bond donors (Lipinski definition) is 1. The van der Waals surface area contributed by atoms with Crippen molar-refractivity contribution in [1.29, 1.82) is 0 Å². The molecule has 0 saturated heterocycles. The van der Waals surface area contributed by atoms with E-state index >= 15 is 0 Å². The van der Waals surface area contributed by atoms with Gasteiger partial charge in [-0.1, -0.05) is 42.5 Å². The van der Waals surface area contributed by atoms with Crippen LogP contribution in [0.3, 0.4) is 0 Å². The first-order valence-electron chi connectivity index (χ1n) is 10.1. The highest BCUT2D eigenvalue weighted by molar-refractivity contribution is 5.73. The Hall–Kier alpha value is -3.64. The third-order valence-electron chi connectivity index (χ3n) is 4.94. The standard InChI is InChI=1S/C26H28O6/c1-28-22-12-11-18(13-23(22)32-17-20-8-6-19(16-27)7-9-20)5-10-21-14-24(29-2)26(31-4)25(15-21)30-3/h5-15,27H,16-17H2,1-4H3/b10-5-. The number of hydrogen-bond acceptors (Lipinski definition) is 6. The number of aliphatic hydroxyl groups is 1. The zero-order valence-electron chi connectivity index (χ0n) is 18.8. The van der Waals surface area contributed by atoms with Crippen molar-refractivity contribution >= 4 is 12.2 Å². The number of ether oxygens (including phenoxy) is 5. The minimum atomic E-state index is 0.0231. The summed E-state index contributed by atoms with van der Waals surface area (Å²) in [6.07, 6.45) is 3.94. The maximum absolute atomic E-state index is 9.18. The fourth-order valence-corrected chi connectivity index (χ4v) is 3.20. The first-order valence-corrected chi connectivity index (χ1v) is 10.1. The number of aliphatic hydroxyl groups excluding tert-OH is 1. The molecule has 0 amide bonds. The number of rotatable bonds is 10. The van der Waals surface area contributed by atoms with Gasteiger partial charge in [0, 0.05) is 0 Å². The molecule has 0 unspecified atom stereocenters. The summed E-state index contributed by atoms with van der Waals surface area (Å²) >= 11 is 0. The predicted molar refractivity (Wildman–Crippen MR) is 125 cm³/mol. The van der Waals surface area contributed by atoms with Crippen LogP contribution in [0.4, 0.5) is 0 Å². The molecule has 0 aromatic heterocycles. The smallest absolute Gasteiger partial charge is 0.203 e. The van der Waals surface area contributed by atoms with Gasteiger partial charge in [0.05, 0.1) is 35.0 Å². The zero-order valence-corrected chi connectivity index (χ0v) is 18.8. The van der Waals surface area contributed by atoms with Gasteiger partial charge < -0.3 is 28.8 Å². The maximum Gasteiger partial charge on any atom is 0.203 e. The number of benzene rings is 3. The molecular formula is C26H28O6. The fourth-order valence-electron chi connectivity index (χ4n) is 3.20. The lowest BCUT2D eigenvalue weighted by Crippen LogP contribution is -1.98. The molecule has 0 fully saturated rings. The maximum atomic E-state index is 9.18. The molecule has 6 nitrogen and oxygen atoms in total. The van der Waals surface area contributed by atoms with Gasteiger partial charge in [-0.25, -0.2) is 0 Å². The third-order valence-corrected chi connectivity index (χ3v) is 4.94. The Kier molecular flexibility index (Phi) is 8.00. The van der Waals surface area contributed by atoms with E-state index in [1.807, 2.05) is 66.7 Å². The van der Waals surface area contributed by atoms with Crippen LogP contribution in [0.5, 0.6) is 28.7 Å². The van der Waals surface area contributed by atoms with Crippen LogP contribution in [-0.2, 0) is 13.2 Å². The van der Waals surface area contributed by atoms with Crippen LogP contribution in [-0.4, -0.2) is 33.5 Å². The molecule has 3 rings (SSSR count). The van der Waals surface area contributed by atoms with Crippen molar-refractivity contribution in [2.24, 2.45) is 0 Å². The Morgan fingerprint density at radius 3 is 1.75 bits per heavy atom. The average Bonchev–Trinajstić information content (AvgIpc) is 2.85. The van der Waals surface area contributed by atoms with E-state index in [1.54, 1.807) is 28.4 Å². The second-order valence-corrected chi connectivity index (χ2v) is 6.97. The zero-order chi connectivity index (χ0) is 22.9. The highest BCUT2D eigenvalue weighted by Gasteiger charge is 2.12. The average molecular weight is 437 g/mol. The van der Waals surface area contributed by atoms with Crippen molar-refractivity contribution in [2.75, 3.05) is 28.4 Å². The van der Waals surface area contributed by atoms with E-state index in [-0.39, 0.29) is 6.61 Å². The Balaban J connectivity index is 1.80. The topological polar surface area (TPSA) is 66.4 Å². The van der Waals surface area contributed by atoms with Gasteiger partial charge >= 0.3 is 0 Å². The molecule has 32 heavy (non-hydrogen) atoms. The van der Waals surface area contributed by atoms with E-state index in [4.69, 9.17) is 23.7 Å². The molecular weight excluding hydrogens is 408 g/mol. The summed E-state index contributed by atoms with van der Waals surface area (Å²) in [4.78, 5) is 0. The summed E-state index contributed by atoms with van der Waals surface area (Å²) in [6, 6.07) is 17.2. The van der Waals surface area contributed by atoms with Gasteiger partial charge in [-0.3, -0.25) is 0 Å². The van der Waals surface area contributed by atoms with Crippen molar-refractivity contribution in [1.82, 2.24) is 0 Å². The van der Waals surface area contributed by atoms with Gasteiger partial charge in [0.1, 0.15) is 6.61 Å². The first kappa shape index (κ1) is 23.0. The quantitative estimate of drug-likeness (QED) is 0.453. The van der Waals surface area contributed by atoms with Crippen LogP contribution in [0.15, 0.2) is 54.6 Å². The lowest BCUT2D eigenvalue weighted by atomic mass is 10.1. The predicted octanol–water partition coefficient (Wildman–Crippen LogP) is 4.96. The summed E-state index contributed by atoms with van der Waals surface area (Å²) in [6.45, 7) is 0.414. The van der Waals surface area contributed by atoms with E-state index in [0.717, 1.165) is 22.3 Å². The molecule has 0 radical (unpaired) electrons. The highest BCUT2D eigenvalue weighted by atomic mass is 16.5. The molecule has 1 N–H and O–H groups in total. The second-order valence-electron chi connectivity index (χ2n) is 6.97. The third kappa shape index (κ3) is 5.53. The van der Waals surface area contributed by atoms with Crippen molar-refractivity contribution in [3.8, 4) is 28.7 Å². The lowest BCUT2D eigenvalue weighted by molar-refractivity contribution is 0.279. The summed E-state index contributed by atoms with van der Waals surface area (Å²) in [5.74, 6) is 3.04. The van der Waals surface area contributed by atoms with Crippen LogP contribution in [0.25, 0.3) is 12.2 Å². The Morgan fingerprint density at radius 1 is 0.625 bits per heavy atom.